The van der Waals surface area contributed by atoms with Crippen LogP contribution in [0.25, 0.3) is 0 Å². The van der Waals surface area contributed by atoms with Crippen LogP contribution in [0.2, 0.25) is 0 Å². The van der Waals surface area contributed by atoms with Crippen molar-refractivity contribution >= 4 is 33.2 Å². The predicted molar refractivity (Wildman–Crippen MR) is 134 cm³/mol. The molecule has 0 fully saturated rings. The van der Waals surface area contributed by atoms with E-state index in [-0.39, 0.29) is 28.6 Å². The van der Waals surface area contributed by atoms with Gasteiger partial charge in [0.1, 0.15) is 6.54 Å². The standard InChI is InChI=1S/C26H27N3O4S/c1-3-18-27-26(31)22-15-9-10-16-23(22)28-25(30)19-29(24-17-11-8-12-20(24)4-2)34(32,33)21-13-6-5-7-14-21/h3,5-17H,1,4,18-19H2,2H3,(H,27,31)(H,28,30). The van der Waals surface area contributed by atoms with Crippen LogP contribution < -0.4 is 14.9 Å². The Morgan fingerprint density at radius 1 is 0.941 bits per heavy atom. The summed E-state index contributed by atoms with van der Waals surface area (Å²) < 4.78 is 28.2. The summed E-state index contributed by atoms with van der Waals surface area (Å²) >= 11 is 0. The van der Waals surface area contributed by atoms with Crippen LogP contribution in [-0.2, 0) is 21.2 Å². The van der Waals surface area contributed by atoms with Gasteiger partial charge in [0.15, 0.2) is 0 Å². The van der Waals surface area contributed by atoms with Crippen molar-refractivity contribution in [1.29, 1.82) is 0 Å². The number of amides is 2. The van der Waals surface area contributed by atoms with E-state index >= 15 is 0 Å². The molecule has 8 heteroatoms. The van der Waals surface area contributed by atoms with Gasteiger partial charge in [0, 0.05) is 6.54 Å². The molecule has 0 heterocycles. The summed E-state index contributed by atoms with van der Waals surface area (Å²) in [5, 5.41) is 5.37. The molecular formula is C26H27N3O4S. The normalized spacial score (nSPS) is 10.9. The second-order valence-corrected chi connectivity index (χ2v) is 9.26. The third kappa shape index (κ3) is 5.71. The fraction of sp³-hybridized carbons (Fsp3) is 0.154. The van der Waals surface area contributed by atoms with Crippen LogP contribution in [0.15, 0.2) is 96.4 Å². The molecule has 0 aliphatic carbocycles. The Labute approximate surface area is 200 Å². The number of hydrogen-bond acceptors (Lipinski definition) is 4. The minimum Gasteiger partial charge on any atom is -0.349 e. The van der Waals surface area contributed by atoms with Crippen molar-refractivity contribution in [2.24, 2.45) is 0 Å². The number of rotatable bonds is 10. The van der Waals surface area contributed by atoms with Crippen LogP contribution in [-0.4, -0.2) is 33.3 Å². The Morgan fingerprint density at radius 3 is 2.29 bits per heavy atom. The lowest BCUT2D eigenvalue weighted by Gasteiger charge is -2.26. The number of sulfonamides is 1. The first kappa shape index (κ1) is 24.7. The summed E-state index contributed by atoms with van der Waals surface area (Å²) in [7, 11) is -4.03. The highest BCUT2D eigenvalue weighted by Gasteiger charge is 2.28. The van der Waals surface area contributed by atoms with Crippen molar-refractivity contribution < 1.29 is 18.0 Å². The van der Waals surface area contributed by atoms with E-state index in [4.69, 9.17) is 0 Å². The number of carbonyl (C=O) groups excluding carboxylic acids is 2. The molecule has 0 spiro atoms. The highest BCUT2D eigenvalue weighted by atomic mass is 32.2. The molecule has 34 heavy (non-hydrogen) atoms. The van der Waals surface area contributed by atoms with E-state index < -0.39 is 22.5 Å². The van der Waals surface area contributed by atoms with Gasteiger partial charge < -0.3 is 10.6 Å². The monoisotopic (exact) mass is 477 g/mol. The van der Waals surface area contributed by atoms with Crippen molar-refractivity contribution in [3.63, 3.8) is 0 Å². The van der Waals surface area contributed by atoms with E-state index in [2.05, 4.69) is 17.2 Å². The number of carbonyl (C=O) groups is 2. The molecule has 3 aromatic rings. The Kier molecular flexibility index (Phi) is 8.21. The van der Waals surface area contributed by atoms with Gasteiger partial charge in [0.2, 0.25) is 5.91 Å². The summed E-state index contributed by atoms with van der Waals surface area (Å²) in [6.45, 7) is 5.31. The zero-order valence-corrected chi connectivity index (χ0v) is 19.7. The number of nitrogens with zero attached hydrogens (tertiary/aromatic N) is 1. The molecule has 2 amide bonds. The van der Waals surface area contributed by atoms with Gasteiger partial charge in [-0.05, 0) is 42.3 Å². The van der Waals surface area contributed by atoms with Crippen LogP contribution in [0.4, 0.5) is 11.4 Å². The predicted octanol–water partition coefficient (Wildman–Crippen LogP) is 4.00. The number of anilines is 2. The number of benzene rings is 3. The van der Waals surface area contributed by atoms with E-state index in [1.807, 2.05) is 19.1 Å². The maximum absolute atomic E-state index is 13.6. The third-order valence-corrected chi connectivity index (χ3v) is 6.89. The first-order valence-corrected chi connectivity index (χ1v) is 12.3. The lowest BCUT2D eigenvalue weighted by Crippen LogP contribution is -2.39. The fourth-order valence-corrected chi connectivity index (χ4v) is 4.92. The Balaban J connectivity index is 1.95. The van der Waals surface area contributed by atoms with Crippen LogP contribution in [0.3, 0.4) is 0 Å². The summed E-state index contributed by atoms with van der Waals surface area (Å²) in [4.78, 5) is 25.6. The van der Waals surface area contributed by atoms with E-state index in [0.29, 0.717) is 12.1 Å². The van der Waals surface area contributed by atoms with Gasteiger partial charge in [-0.3, -0.25) is 13.9 Å². The first-order valence-electron chi connectivity index (χ1n) is 10.8. The number of hydrogen-bond donors (Lipinski definition) is 2. The van der Waals surface area contributed by atoms with Crippen LogP contribution in [0, 0.1) is 0 Å². The van der Waals surface area contributed by atoms with E-state index in [1.165, 1.54) is 12.1 Å². The van der Waals surface area contributed by atoms with Gasteiger partial charge in [-0.15, -0.1) is 6.58 Å². The van der Waals surface area contributed by atoms with Crippen molar-refractivity contribution in [2.45, 2.75) is 18.2 Å². The molecule has 0 atom stereocenters. The smallest absolute Gasteiger partial charge is 0.264 e. The lowest BCUT2D eigenvalue weighted by molar-refractivity contribution is -0.114. The minimum atomic E-state index is -4.03. The zero-order valence-electron chi connectivity index (χ0n) is 18.9. The second-order valence-electron chi connectivity index (χ2n) is 7.40. The summed E-state index contributed by atoms with van der Waals surface area (Å²) in [5.74, 6) is -0.949. The van der Waals surface area contributed by atoms with Gasteiger partial charge in [-0.25, -0.2) is 8.42 Å². The van der Waals surface area contributed by atoms with Gasteiger partial charge >= 0.3 is 0 Å². The molecule has 0 radical (unpaired) electrons. The second kappa shape index (κ2) is 11.3. The molecule has 0 aromatic heterocycles. The highest BCUT2D eigenvalue weighted by molar-refractivity contribution is 7.92. The zero-order chi connectivity index (χ0) is 24.6. The Hall–Kier alpha value is -3.91. The molecule has 0 bridgehead atoms. The third-order valence-electron chi connectivity index (χ3n) is 5.11. The van der Waals surface area contributed by atoms with Crippen LogP contribution in [0.5, 0.6) is 0 Å². The lowest BCUT2D eigenvalue weighted by atomic mass is 10.1. The molecule has 176 valence electrons. The van der Waals surface area contributed by atoms with Crippen LogP contribution >= 0.6 is 0 Å². The molecule has 0 aliphatic rings. The maximum atomic E-state index is 13.6. The number of para-hydroxylation sites is 2. The van der Waals surface area contributed by atoms with Gasteiger partial charge in [0.25, 0.3) is 15.9 Å². The SMILES string of the molecule is C=CCNC(=O)c1ccccc1NC(=O)CN(c1ccccc1CC)S(=O)(=O)c1ccccc1. The number of nitrogens with one attached hydrogen (secondary N) is 2. The topological polar surface area (TPSA) is 95.6 Å². The van der Waals surface area contributed by atoms with Crippen molar-refractivity contribution in [1.82, 2.24) is 5.32 Å². The van der Waals surface area contributed by atoms with Gasteiger partial charge in [-0.1, -0.05) is 61.5 Å². The molecular weight excluding hydrogens is 450 g/mol. The first-order chi connectivity index (χ1) is 16.4. The van der Waals surface area contributed by atoms with Crippen LogP contribution in [0.1, 0.15) is 22.8 Å². The fourth-order valence-electron chi connectivity index (χ4n) is 3.44. The molecule has 0 aliphatic heterocycles. The van der Waals surface area contributed by atoms with E-state index in [0.717, 1.165) is 9.87 Å². The molecule has 0 unspecified atom stereocenters. The summed E-state index contributed by atoms with van der Waals surface area (Å²) in [5.41, 5.74) is 1.78. The average molecular weight is 478 g/mol. The van der Waals surface area contributed by atoms with E-state index in [1.54, 1.807) is 60.7 Å². The molecule has 7 nitrogen and oxygen atoms in total. The average Bonchev–Trinajstić information content (AvgIpc) is 2.86. The van der Waals surface area contributed by atoms with E-state index in [9.17, 15) is 18.0 Å². The van der Waals surface area contributed by atoms with Crippen molar-refractivity contribution in [3.05, 3.63) is 103 Å². The van der Waals surface area contributed by atoms with Gasteiger partial charge in [-0.2, -0.15) is 0 Å². The summed E-state index contributed by atoms with van der Waals surface area (Å²) in [6, 6.07) is 21.6. The Morgan fingerprint density at radius 2 is 1.59 bits per heavy atom. The Bertz CT molecular complexity index is 1270. The summed E-state index contributed by atoms with van der Waals surface area (Å²) in [6.07, 6.45) is 2.14. The van der Waals surface area contributed by atoms with Gasteiger partial charge in [0.05, 0.1) is 21.8 Å². The number of aryl methyl sites for hydroxylation is 1. The molecule has 3 rings (SSSR count). The highest BCUT2D eigenvalue weighted by Crippen LogP contribution is 2.27. The quantitative estimate of drug-likeness (QED) is 0.432. The minimum absolute atomic E-state index is 0.0814. The molecule has 2 N–H and O–H groups in total. The molecule has 0 saturated heterocycles. The largest absolute Gasteiger partial charge is 0.349 e. The molecule has 3 aromatic carbocycles. The maximum Gasteiger partial charge on any atom is 0.264 e. The molecule has 0 saturated carbocycles. The van der Waals surface area contributed by atoms with Crippen molar-refractivity contribution in [3.8, 4) is 0 Å². The van der Waals surface area contributed by atoms with Crippen molar-refractivity contribution in [2.75, 3.05) is 22.7 Å².